The van der Waals surface area contributed by atoms with Crippen molar-refractivity contribution in [1.29, 1.82) is 0 Å². The van der Waals surface area contributed by atoms with E-state index in [0.29, 0.717) is 16.2 Å². The number of carbonyl (C=O) groups is 2. The molecule has 1 fully saturated rings. The van der Waals surface area contributed by atoms with Gasteiger partial charge < -0.3 is 20.5 Å². The largest absolute Gasteiger partial charge is 0.488 e. The van der Waals surface area contributed by atoms with E-state index >= 15 is 0 Å². The molecule has 2 heterocycles. The maximum Gasteiger partial charge on any atom is 0.345 e. The highest BCUT2D eigenvalue weighted by atomic mass is 32.1. The summed E-state index contributed by atoms with van der Waals surface area (Å²) < 4.78 is 5.89. The molecule has 1 aromatic heterocycles. The molecule has 4 rings (SSSR count). The van der Waals surface area contributed by atoms with Crippen LogP contribution in [0.2, 0.25) is 0 Å². The molecule has 0 saturated carbocycles. The fourth-order valence-electron chi connectivity index (χ4n) is 3.38. The molecule has 0 bridgehead atoms. The fourth-order valence-corrected chi connectivity index (χ4v) is 4.23. The smallest absolute Gasteiger partial charge is 0.345 e. The first kappa shape index (κ1) is 21.1. The van der Waals surface area contributed by atoms with Gasteiger partial charge in [-0.05, 0) is 60.9 Å². The number of carbonyl (C=O) groups excluding carboxylic acids is 1. The van der Waals surface area contributed by atoms with Gasteiger partial charge in [-0.25, -0.2) is 4.79 Å². The Balaban J connectivity index is 1.49. The van der Waals surface area contributed by atoms with Crippen LogP contribution in [-0.2, 0) is 0 Å². The van der Waals surface area contributed by atoms with Gasteiger partial charge in [-0.1, -0.05) is 24.3 Å². The van der Waals surface area contributed by atoms with Gasteiger partial charge in [0.2, 0.25) is 0 Å². The number of aryl methyl sites for hydroxylation is 1. The number of aromatic carboxylic acids is 1. The molecule has 6 nitrogen and oxygen atoms in total. The Morgan fingerprint density at radius 3 is 2.65 bits per heavy atom. The monoisotopic (exact) mass is 436 g/mol. The lowest BCUT2D eigenvalue weighted by Crippen LogP contribution is -2.50. The first-order valence-electron chi connectivity index (χ1n) is 10.1. The van der Waals surface area contributed by atoms with E-state index in [2.05, 4.69) is 10.6 Å². The summed E-state index contributed by atoms with van der Waals surface area (Å²) >= 11 is 1.23. The Hall–Kier alpha value is -3.16. The van der Waals surface area contributed by atoms with Crippen LogP contribution in [0.4, 0.5) is 0 Å². The Morgan fingerprint density at radius 1 is 1.16 bits per heavy atom. The summed E-state index contributed by atoms with van der Waals surface area (Å²) in [5, 5.41) is 15.4. The van der Waals surface area contributed by atoms with Gasteiger partial charge in [-0.2, -0.15) is 0 Å². The second kappa shape index (κ2) is 8.91. The molecule has 7 heteroatoms. The summed E-state index contributed by atoms with van der Waals surface area (Å²) in [5.74, 6) is -0.385. The van der Waals surface area contributed by atoms with E-state index < -0.39 is 5.97 Å². The van der Waals surface area contributed by atoms with Crippen molar-refractivity contribution in [2.75, 3.05) is 13.1 Å². The number of thiophene rings is 1. The molecular weight excluding hydrogens is 412 g/mol. The number of hydrogen-bond acceptors (Lipinski definition) is 5. The Morgan fingerprint density at radius 2 is 1.97 bits per heavy atom. The normalized spacial score (nSPS) is 14.5. The molecule has 3 aromatic rings. The molecule has 160 valence electrons. The van der Waals surface area contributed by atoms with E-state index in [-0.39, 0.29) is 18.1 Å². The second-order valence-electron chi connectivity index (χ2n) is 7.66. The third-order valence-electron chi connectivity index (χ3n) is 5.34. The summed E-state index contributed by atoms with van der Waals surface area (Å²) in [7, 11) is 0. The van der Waals surface area contributed by atoms with Crippen LogP contribution in [-0.4, -0.2) is 36.2 Å². The molecule has 2 aromatic carbocycles. The minimum Gasteiger partial charge on any atom is -0.488 e. The first-order valence-corrected chi connectivity index (χ1v) is 10.9. The third kappa shape index (κ3) is 4.78. The molecular formula is C24H24N2O4S. The standard InChI is InChI=1S/C24H24N2O4S/c1-14-6-7-18(30-19-12-25-13-19)11-20(14)23(27)26-15(2)16-4-3-5-17(10-16)21-8-9-22(31-21)24(28)29/h3-11,15,19,25H,12-13H2,1-2H3,(H,26,27)(H,28,29). The van der Waals surface area contributed by atoms with Gasteiger partial charge in [0.25, 0.3) is 5.91 Å². The van der Waals surface area contributed by atoms with Gasteiger partial charge in [0.15, 0.2) is 0 Å². The lowest BCUT2D eigenvalue weighted by atomic mass is 10.0. The van der Waals surface area contributed by atoms with Crippen LogP contribution in [0.3, 0.4) is 0 Å². The van der Waals surface area contributed by atoms with Gasteiger partial charge in [0.1, 0.15) is 16.7 Å². The average Bonchev–Trinajstić information content (AvgIpc) is 3.22. The summed E-state index contributed by atoms with van der Waals surface area (Å²) in [6.45, 7) is 5.48. The number of rotatable bonds is 7. The number of carboxylic acid groups (broad SMARTS) is 1. The molecule has 3 N–H and O–H groups in total. The second-order valence-corrected chi connectivity index (χ2v) is 8.75. The van der Waals surface area contributed by atoms with Crippen molar-refractivity contribution in [1.82, 2.24) is 10.6 Å². The van der Waals surface area contributed by atoms with E-state index in [4.69, 9.17) is 9.84 Å². The van der Waals surface area contributed by atoms with Crippen molar-refractivity contribution in [2.24, 2.45) is 0 Å². The van der Waals surface area contributed by atoms with E-state index in [1.165, 1.54) is 11.3 Å². The van der Waals surface area contributed by atoms with E-state index in [1.54, 1.807) is 12.1 Å². The van der Waals surface area contributed by atoms with Crippen molar-refractivity contribution in [3.63, 3.8) is 0 Å². The summed E-state index contributed by atoms with van der Waals surface area (Å²) in [4.78, 5) is 25.3. The van der Waals surface area contributed by atoms with Crippen molar-refractivity contribution in [3.05, 3.63) is 76.2 Å². The predicted molar refractivity (Wildman–Crippen MR) is 121 cm³/mol. The molecule has 1 unspecified atom stereocenters. The Kier molecular flexibility index (Phi) is 6.06. The summed E-state index contributed by atoms with van der Waals surface area (Å²) in [6, 6.07) is 16.6. The topological polar surface area (TPSA) is 87.7 Å². The minimum atomic E-state index is -0.928. The number of amides is 1. The van der Waals surface area contributed by atoms with Crippen molar-refractivity contribution in [2.45, 2.75) is 26.0 Å². The van der Waals surface area contributed by atoms with Gasteiger partial charge in [-0.3, -0.25) is 4.79 Å². The molecule has 1 atom stereocenters. The number of ether oxygens (including phenoxy) is 1. The third-order valence-corrected chi connectivity index (χ3v) is 6.46. The first-order chi connectivity index (χ1) is 14.9. The maximum absolute atomic E-state index is 13.0. The fraction of sp³-hybridized carbons (Fsp3) is 0.250. The van der Waals surface area contributed by atoms with Crippen LogP contribution in [0, 0.1) is 6.92 Å². The number of carboxylic acids is 1. The van der Waals surface area contributed by atoms with E-state index in [9.17, 15) is 9.59 Å². The zero-order chi connectivity index (χ0) is 22.0. The highest BCUT2D eigenvalue weighted by Gasteiger charge is 2.20. The lowest BCUT2D eigenvalue weighted by molar-refractivity contribution is 0.0702. The number of benzene rings is 2. The Bertz CT molecular complexity index is 1120. The van der Waals surface area contributed by atoms with Crippen LogP contribution in [0.15, 0.2) is 54.6 Å². The Labute approximate surface area is 184 Å². The van der Waals surface area contributed by atoms with Crippen LogP contribution in [0.5, 0.6) is 5.75 Å². The molecule has 31 heavy (non-hydrogen) atoms. The van der Waals surface area contributed by atoms with E-state index in [0.717, 1.165) is 34.7 Å². The average molecular weight is 437 g/mol. The zero-order valence-corrected chi connectivity index (χ0v) is 18.2. The van der Waals surface area contributed by atoms with Crippen molar-refractivity contribution >= 4 is 23.2 Å². The summed E-state index contributed by atoms with van der Waals surface area (Å²) in [5.41, 5.74) is 3.35. The maximum atomic E-state index is 13.0. The SMILES string of the molecule is Cc1ccc(OC2CNC2)cc1C(=O)NC(C)c1cccc(-c2ccc(C(=O)O)s2)c1. The summed E-state index contributed by atoms with van der Waals surface area (Å²) in [6.07, 6.45) is 0.152. The van der Waals surface area contributed by atoms with E-state index in [1.807, 2.05) is 56.3 Å². The molecule has 0 aliphatic carbocycles. The molecule has 0 spiro atoms. The molecule has 1 saturated heterocycles. The lowest BCUT2D eigenvalue weighted by Gasteiger charge is -2.28. The highest BCUT2D eigenvalue weighted by Crippen LogP contribution is 2.30. The highest BCUT2D eigenvalue weighted by molar-refractivity contribution is 7.17. The molecule has 1 aliphatic rings. The minimum absolute atomic E-state index is 0.152. The number of nitrogens with one attached hydrogen (secondary N) is 2. The molecule has 1 aliphatic heterocycles. The van der Waals surface area contributed by atoms with Gasteiger partial charge in [-0.15, -0.1) is 11.3 Å². The van der Waals surface area contributed by atoms with Crippen LogP contribution in [0.1, 0.15) is 44.1 Å². The van der Waals surface area contributed by atoms with Crippen molar-refractivity contribution in [3.8, 4) is 16.2 Å². The van der Waals surface area contributed by atoms with Gasteiger partial charge >= 0.3 is 5.97 Å². The van der Waals surface area contributed by atoms with Gasteiger partial charge in [0, 0.05) is 23.5 Å². The van der Waals surface area contributed by atoms with Crippen LogP contribution >= 0.6 is 11.3 Å². The predicted octanol–water partition coefficient (Wildman–Crippen LogP) is 4.26. The zero-order valence-electron chi connectivity index (χ0n) is 17.3. The quantitative estimate of drug-likeness (QED) is 0.515. The van der Waals surface area contributed by atoms with Crippen molar-refractivity contribution < 1.29 is 19.4 Å². The number of hydrogen-bond donors (Lipinski definition) is 3. The molecule has 1 amide bonds. The van der Waals surface area contributed by atoms with Crippen LogP contribution < -0.4 is 15.4 Å². The van der Waals surface area contributed by atoms with Gasteiger partial charge in [0.05, 0.1) is 6.04 Å². The van der Waals surface area contributed by atoms with Crippen LogP contribution in [0.25, 0.3) is 10.4 Å². The molecule has 0 radical (unpaired) electrons.